The first-order valence-corrected chi connectivity index (χ1v) is 6.74. The van der Waals surface area contributed by atoms with Crippen LogP contribution in [-0.4, -0.2) is 19.1 Å². The number of hydrogen-bond acceptors (Lipinski definition) is 4. The number of nitriles is 1. The van der Waals surface area contributed by atoms with Crippen molar-refractivity contribution in [1.29, 1.82) is 5.26 Å². The van der Waals surface area contributed by atoms with Gasteiger partial charge in [-0.1, -0.05) is 18.2 Å². The third kappa shape index (κ3) is 3.76. The Bertz CT molecular complexity index is 707. The molecule has 0 heterocycles. The molecular weight excluding hydrogens is 280 g/mol. The lowest BCUT2D eigenvalue weighted by molar-refractivity contribution is -0.122. The molecule has 5 nitrogen and oxygen atoms in total. The Morgan fingerprint density at radius 1 is 1.18 bits per heavy atom. The number of amides is 1. The van der Waals surface area contributed by atoms with Crippen molar-refractivity contribution in [3.05, 3.63) is 54.1 Å². The van der Waals surface area contributed by atoms with Crippen molar-refractivity contribution in [3.63, 3.8) is 0 Å². The summed E-state index contributed by atoms with van der Waals surface area (Å²) in [4.78, 5) is 12.2. The van der Waals surface area contributed by atoms with E-state index in [1.165, 1.54) is 0 Å². The summed E-state index contributed by atoms with van der Waals surface area (Å²) in [7, 11) is 1.54. The van der Waals surface area contributed by atoms with E-state index in [4.69, 9.17) is 14.7 Å². The van der Waals surface area contributed by atoms with Gasteiger partial charge in [-0.05, 0) is 37.3 Å². The molecule has 112 valence electrons. The van der Waals surface area contributed by atoms with Gasteiger partial charge in [0.05, 0.1) is 18.7 Å². The van der Waals surface area contributed by atoms with E-state index in [0.29, 0.717) is 22.7 Å². The second kappa shape index (κ2) is 7.14. The van der Waals surface area contributed by atoms with E-state index in [2.05, 4.69) is 5.32 Å². The molecule has 0 aromatic heterocycles. The van der Waals surface area contributed by atoms with Crippen molar-refractivity contribution in [1.82, 2.24) is 0 Å². The molecule has 0 spiro atoms. The lowest BCUT2D eigenvalue weighted by Gasteiger charge is -2.16. The third-order valence-electron chi connectivity index (χ3n) is 3.00. The molecule has 0 saturated carbocycles. The monoisotopic (exact) mass is 296 g/mol. The Hall–Kier alpha value is -3.00. The van der Waals surface area contributed by atoms with Gasteiger partial charge >= 0.3 is 0 Å². The summed E-state index contributed by atoms with van der Waals surface area (Å²) in [6, 6.07) is 15.8. The van der Waals surface area contributed by atoms with Crippen LogP contribution < -0.4 is 14.8 Å². The molecule has 1 unspecified atom stereocenters. The Balaban J connectivity index is 2.04. The average Bonchev–Trinajstić information content (AvgIpc) is 2.55. The number of ether oxygens (including phenoxy) is 2. The summed E-state index contributed by atoms with van der Waals surface area (Å²) < 4.78 is 10.8. The highest BCUT2D eigenvalue weighted by atomic mass is 16.5. The van der Waals surface area contributed by atoms with E-state index in [-0.39, 0.29) is 5.91 Å². The number of para-hydroxylation sites is 2. The minimum atomic E-state index is -0.706. The maximum absolute atomic E-state index is 12.2. The molecule has 0 aliphatic rings. The van der Waals surface area contributed by atoms with Crippen LogP contribution in [0.25, 0.3) is 0 Å². The van der Waals surface area contributed by atoms with Crippen LogP contribution in [0, 0.1) is 11.3 Å². The van der Waals surface area contributed by atoms with Crippen LogP contribution in [0.2, 0.25) is 0 Å². The highest BCUT2D eigenvalue weighted by molar-refractivity contribution is 5.94. The minimum absolute atomic E-state index is 0.305. The van der Waals surface area contributed by atoms with Crippen LogP contribution in [0.3, 0.4) is 0 Å². The largest absolute Gasteiger partial charge is 0.493 e. The van der Waals surface area contributed by atoms with Crippen molar-refractivity contribution >= 4 is 11.6 Å². The maximum Gasteiger partial charge on any atom is 0.265 e. The summed E-state index contributed by atoms with van der Waals surface area (Å²) in [5.74, 6) is 0.757. The van der Waals surface area contributed by atoms with E-state index in [1.807, 2.05) is 12.1 Å². The maximum atomic E-state index is 12.2. The Morgan fingerprint density at radius 2 is 1.91 bits per heavy atom. The Kier molecular flexibility index (Phi) is 4.99. The number of nitrogens with one attached hydrogen (secondary N) is 1. The van der Waals surface area contributed by atoms with Gasteiger partial charge in [0.2, 0.25) is 0 Å². The molecule has 0 aliphatic carbocycles. The van der Waals surface area contributed by atoms with Gasteiger partial charge in [0, 0.05) is 5.69 Å². The number of benzene rings is 2. The van der Waals surface area contributed by atoms with Crippen LogP contribution in [0.4, 0.5) is 5.69 Å². The van der Waals surface area contributed by atoms with Gasteiger partial charge in [-0.3, -0.25) is 4.79 Å². The number of carbonyl (C=O) groups excluding carboxylic acids is 1. The fourth-order valence-corrected chi connectivity index (χ4v) is 1.87. The van der Waals surface area contributed by atoms with Crippen molar-refractivity contribution in [2.45, 2.75) is 13.0 Å². The second-order valence-corrected chi connectivity index (χ2v) is 4.59. The average molecular weight is 296 g/mol. The number of rotatable bonds is 5. The summed E-state index contributed by atoms with van der Waals surface area (Å²) in [6.45, 7) is 1.65. The summed E-state index contributed by atoms with van der Waals surface area (Å²) in [5, 5.41) is 11.6. The molecule has 1 N–H and O–H groups in total. The first-order chi connectivity index (χ1) is 10.6. The molecule has 0 fully saturated rings. The molecule has 0 saturated heterocycles. The van der Waals surface area contributed by atoms with Crippen LogP contribution in [-0.2, 0) is 4.79 Å². The van der Waals surface area contributed by atoms with E-state index >= 15 is 0 Å². The summed E-state index contributed by atoms with van der Waals surface area (Å²) in [6.07, 6.45) is -0.706. The quantitative estimate of drug-likeness (QED) is 0.920. The van der Waals surface area contributed by atoms with Gasteiger partial charge < -0.3 is 14.8 Å². The smallest absolute Gasteiger partial charge is 0.265 e. The highest BCUT2D eigenvalue weighted by Gasteiger charge is 2.16. The molecule has 1 atom stereocenters. The third-order valence-corrected chi connectivity index (χ3v) is 3.00. The zero-order valence-corrected chi connectivity index (χ0v) is 12.4. The van der Waals surface area contributed by atoms with Gasteiger partial charge in [0.15, 0.2) is 17.6 Å². The number of anilines is 1. The van der Waals surface area contributed by atoms with Crippen molar-refractivity contribution < 1.29 is 14.3 Å². The van der Waals surface area contributed by atoms with Crippen molar-refractivity contribution in [3.8, 4) is 17.6 Å². The normalized spacial score (nSPS) is 11.1. The molecule has 0 aliphatic heterocycles. The van der Waals surface area contributed by atoms with Crippen LogP contribution in [0.5, 0.6) is 11.5 Å². The molecule has 2 rings (SSSR count). The van der Waals surface area contributed by atoms with Crippen LogP contribution >= 0.6 is 0 Å². The zero-order chi connectivity index (χ0) is 15.9. The highest BCUT2D eigenvalue weighted by Crippen LogP contribution is 2.27. The van der Waals surface area contributed by atoms with Crippen molar-refractivity contribution in [2.24, 2.45) is 0 Å². The predicted molar refractivity (Wildman–Crippen MR) is 82.9 cm³/mol. The minimum Gasteiger partial charge on any atom is -0.493 e. The van der Waals surface area contributed by atoms with E-state index in [1.54, 1.807) is 56.5 Å². The first kappa shape index (κ1) is 15.4. The van der Waals surface area contributed by atoms with Gasteiger partial charge in [0.25, 0.3) is 5.91 Å². The van der Waals surface area contributed by atoms with E-state index < -0.39 is 6.10 Å². The number of nitrogens with zero attached hydrogens (tertiary/aromatic N) is 1. The Morgan fingerprint density at radius 3 is 2.59 bits per heavy atom. The molecule has 5 heteroatoms. The number of hydrogen-bond donors (Lipinski definition) is 1. The SMILES string of the molecule is COc1ccccc1OC(C)C(=O)Nc1cccc(C#N)c1. The van der Waals surface area contributed by atoms with E-state index in [0.717, 1.165) is 0 Å². The molecule has 0 bridgehead atoms. The summed E-state index contributed by atoms with van der Waals surface area (Å²) in [5.41, 5.74) is 1.04. The van der Waals surface area contributed by atoms with Crippen LogP contribution in [0.15, 0.2) is 48.5 Å². The van der Waals surface area contributed by atoms with Gasteiger partial charge in [-0.2, -0.15) is 5.26 Å². The molecule has 22 heavy (non-hydrogen) atoms. The fraction of sp³-hybridized carbons (Fsp3) is 0.176. The molecule has 0 radical (unpaired) electrons. The molecule has 2 aromatic rings. The molecular formula is C17H16N2O3. The van der Waals surface area contributed by atoms with Gasteiger partial charge in [0.1, 0.15) is 0 Å². The van der Waals surface area contributed by atoms with Crippen molar-refractivity contribution in [2.75, 3.05) is 12.4 Å². The molecule has 1 amide bonds. The second-order valence-electron chi connectivity index (χ2n) is 4.59. The van der Waals surface area contributed by atoms with Crippen LogP contribution in [0.1, 0.15) is 12.5 Å². The predicted octanol–water partition coefficient (Wildman–Crippen LogP) is 2.97. The van der Waals surface area contributed by atoms with Gasteiger partial charge in [-0.25, -0.2) is 0 Å². The summed E-state index contributed by atoms with van der Waals surface area (Å²) >= 11 is 0. The van der Waals surface area contributed by atoms with Gasteiger partial charge in [-0.15, -0.1) is 0 Å². The standard InChI is InChI=1S/C17H16N2O3/c1-12(22-16-9-4-3-8-15(16)21-2)17(20)19-14-7-5-6-13(10-14)11-18/h3-10,12H,1-2H3,(H,19,20). The zero-order valence-electron chi connectivity index (χ0n) is 12.4. The van der Waals surface area contributed by atoms with E-state index in [9.17, 15) is 4.79 Å². The molecule has 2 aromatic carbocycles. The number of methoxy groups -OCH3 is 1. The number of carbonyl (C=O) groups is 1. The first-order valence-electron chi connectivity index (χ1n) is 6.74. The lowest BCUT2D eigenvalue weighted by Crippen LogP contribution is -2.30. The Labute approximate surface area is 129 Å². The fourth-order valence-electron chi connectivity index (χ4n) is 1.87. The topological polar surface area (TPSA) is 71.3 Å². The lowest BCUT2D eigenvalue weighted by atomic mass is 10.2.